The molecule has 1 aromatic carbocycles. The standard InChI is InChI=1S/C14H23N3O3S/c1-11(15)14-12(5-4-6-13(14)20-2)16-7-9-17(10-8-16)21(3,18)19/h4-6,11H,7-10,15H2,1-3H3/t11-/m1/s1. The van der Waals surface area contributed by atoms with Crippen molar-refractivity contribution in [3.8, 4) is 5.75 Å². The van der Waals surface area contributed by atoms with Crippen LogP contribution >= 0.6 is 0 Å². The molecular formula is C14H23N3O3S. The number of benzene rings is 1. The topological polar surface area (TPSA) is 75.9 Å². The Labute approximate surface area is 126 Å². The molecule has 0 radical (unpaired) electrons. The van der Waals surface area contributed by atoms with Crippen LogP contribution in [0.2, 0.25) is 0 Å². The first-order chi connectivity index (χ1) is 9.84. The van der Waals surface area contributed by atoms with E-state index in [9.17, 15) is 8.42 Å². The first-order valence-electron chi connectivity index (χ1n) is 6.97. The van der Waals surface area contributed by atoms with E-state index < -0.39 is 10.0 Å². The summed E-state index contributed by atoms with van der Waals surface area (Å²) >= 11 is 0. The molecule has 0 saturated carbocycles. The summed E-state index contributed by atoms with van der Waals surface area (Å²) in [7, 11) is -1.48. The van der Waals surface area contributed by atoms with Gasteiger partial charge >= 0.3 is 0 Å². The van der Waals surface area contributed by atoms with E-state index >= 15 is 0 Å². The molecule has 1 heterocycles. The van der Waals surface area contributed by atoms with Gasteiger partial charge in [-0.2, -0.15) is 4.31 Å². The van der Waals surface area contributed by atoms with Crippen molar-refractivity contribution in [3.63, 3.8) is 0 Å². The van der Waals surface area contributed by atoms with Gasteiger partial charge in [0.15, 0.2) is 0 Å². The first kappa shape index (κ1) is 16.1. The normalized spacial score (nSPS) is 18.6. The van der Waals surface area contributed by atoms with Gasteiger partial charge in [-0.05, 0) is 19.1 Å². The summed E-state index contributed by atoms with van der Waals surface area (Å²) in [5.41, 5.74) is 8.07. The van der Waals surface area contributed by atoms with Crippen LogP contribution < -0.4 is 15.4 Å². The fourth-order valence-electron chi connectivity index (χ4n) is 2.70. The van der Waals surface area contributed by atoms with E-state index in [1.54, 1.807) is 7.11 Å². The van der Waals surface area contributed by atoms with Crippen molar-refractivity contribution in [2.75, 3.05) is 44.4 Å². The minimum atomic E-state index is -3.11. The van der Waals surface area contributed by atoms with Crippen molar-refractivity contribution < 1.29 is 13.2 Å². The van der Waals surface area contributed by atoms with Gasteiger partial charge in [0.2, 0.25) is 10.0 Å². The number of methoxy groups -OCH3 is 1. The van der Waals surface area contributed by atoms with Crippen LogP contribution in [0.5, 0.6) is 5.75 Å². The lowest BCUT2D eigenvalue weighted by atomic mass is 10.0. The Balaban J connectivity index is 2.25. The Kier molecular flexibility index (Phi) is 4.75. The van der Waals surface area contributed by atoms with Crippen molar-refractivity contribution in [1.29, 1.82) is 0 Å². The molecule has 0 unspecified atom stereocenters. The molecule has 0 bridgehead atoms. The number of sulfonamides is 1. The van der Waals surface area contributed by atoms with E-state index in [1.807, 2.05) is 25.1 Å². The highest BCUT2D eigenvalue weighted by atomic mass is 32.2. The van der Waals surface area contributed by atoms with Gasteiger partial charge in [0, 0.05) is 43.5 Å². The second-order valence-corrected chi connectivity index (χ2v) is 7.31. The predicted octanol–water partition coefficient (Wildman–Crippen LogP) is 0.796. The quantitative estimate of drug-likeness (QED) is 0.890. The number of hydrogen-bond acceptors (Lipinski definition) is 5. The van der Waals surface area contributed by atoms with Crippen LogP contribution in [0.4, 0.5) is 5.69 Å². The summed E-state index contributed by atoms with van der Waals surface area (Å²) in [5.74, 6) is 0.771. The summed E-state index contributed by atoms with van der Waals surface area (Å²) in [4.78, 5) is 2.17. The van der Waals surface area contributed by atoms with E-state index in [1.165, 1.54) is 10.6 Å². The lowest BCUT2D eigenvalue weighted by Crippen LogP contribution is -2.48. The maximum atomic E-state index is 11.6. The van der Waals surface area contributed by atoms with Gasteiger partial charge in [0.1, 0.15) is 5.75 Å². The Morgan fingerprint density at radius 3 is 2.33 bits per heavy atom. The molecule has 0 spiro atoms. The van der Waals surface area contributed by atoms with E-state index in [0.717, 1.165) is 17.0 Å². The van der Waals surface area contributed by atoms with Gasteiger partial charge in [0.05, 0.1) is 13.4 Å². The Morgan fingerprint density at radius 2 is 1.86 bits per heavy atom. The molecule has 7 heteroatoms. The van der Waals surface area contributed by atoms with Crippen LogP contribution in [-0.4, -0.2) is 52.3 Å². The van der Waals surface area contributed by atoms with E-state index in [2.05, 4.69) is 4.90 Å². The van der Waals surface area contributed by atoms with Gasteiger partial charge in [-0.1, -0.05) is 6.07 Å². The predicted molar refractivity (Wildman–Crippen MR) is 84.2 cm³/mol. The maximum absolute atomic E-state index is 11.6. The summed E-state index contributed by atoms with van der Waals surface area (Å²) in [5, 5.41) is 0. The van der Waals surface area contributed by atoms with Gasteiger partial charge < -0.3 is 15.4 Å². The van der Waals surface area contributed by atoms with E-state index in [4.69, 9.17) is 10.5 Å². The molecule has 1 aliphatic heterocycles. The number of ether oxygens (including phenoxy) is 1. The van der Waals surface area contributed by atoms with Crippen LogP contribution in [0.3, 0.4) is 0 Å². The molecule has 1 saturated heterocycles. The lowest BCUT2D eigenvalue weighted by molar-refractivity contribution is 0.385. The third-order valence-electron chi connectivity index (χ3n) is 3.77. The second kappa shape index (κ2) is 6.21. The van der Waals surface area contributed by atoms with E-state index in [0.29, 0.717) is 26.2 Å². The Hall–Kier alpha value is -1.31. The molecule has 1 fully saturated rings. The maximum Gasteiger partial charge on any atom is 0.211 e. The largest absolute Gasteiger partial charge is 0.496 e. The zero-order chi connectivity index (χ0) is 15.6. The molecule has 0 amide bonds. The molecule has 0 aromatic heterocycles. The molecule has 1 atom stereocenters. The average Bonchev–Trinajstić information content (AvgIpc) is 2.45. The summed E-state index contributed by atoms with van der Waals surface area (Å²) in [6.45, 7) is 4.22. The molecule has 1 aliphatic rings. The third kappa shape index (κ3) is 3.48. The second-order valence-electron chi connectivity index (χ2n) is 5.33. The molecule has 21 heavy (non-hydrogen) atoms. The highest BCUT2D eigenvalue weighted by molar-refractivity contribution is 7.88. The molecule has 1 aromatic rings. The molecule has 2 rings (SSSR count). The molecule has 118 valence electrons. The van der Waals surface area contributed by atoms with Crippen molar-refractivity contribution in [3.05, 3.63) is 23.8 Å². The zero-order valence-electron chi connectivity index (χ0n) is 12.7. The van der Waals surface area contributed by atoms with Crippen LogP contribution in [0.25, 0.3) is 0 Å². The van der Waals surface area contributed by atoms with Crippen molar-refractivity contribution in [2.24, 2.45) is 5.73 Å². The summed E-state index contributed by atoms with van der Waals surface area (Å²) < 4.78 is 30.1. The number of anilines is 1. The van der Waals surface area contributed by atoms with Gasteiger partial charge in [0.25, 0.3) is 0 Å². The fourth-order valence-corrected chi connectivity index (χ4v) is 3.53. The summed E-state index contributed by atoms with van der Waals surface area (Å²) in [6.07, 6.45) is 1.25. The average molecular weight is 313 g/mol. The highest BCUT2D eigenvalue weighted by Crippen LogP contribution is 2.34. The molecular weight excluding hydrogens is 290 g/mol. The van der Waals surface area contributed by atoms with Crippen molar-refractivity contribution >= 4 is 15.7 Å². The Morgan fingerprint density at radius 1 is 1.24 bits per heavy atom. The number of nitrogens with zero attached hydrogens (tertiary/aromatic N) is 2. The molecule has 2 N–H and O–H groups in total. The van der Waals surface area contributed by atoms with Crippen molar-refractivity contribution in [1.82, 2.24) is 4.31 Å². The first-order valence-corrected chi connectivity index (χ1v) is 8.82. The fraction of sp³-hybridized carbons (Fsp3) is 0.571. The number of rotatable bonds is 4. The smallest absolute Gasteiger partial charge is 0.211 e. The minimum absolute atomic E-state index is 0.149. The van der Waals surface area contributed by atoms with Crippen LogP contribution in [0, 0.1) is 0 Å². The van der Waals surface area contributed by atoms with Crippen LogP contribution in [0.1, 0.15) is 18.5 Å². The highest BCUT2D eigenvalue weighted by Gasteiger charge is 2.26. The number of piperazine rings is 1. The van der Waals surface area contributed by atoms with Crippen LogP contribution in [0.15, 0.2) is 18.2 Å². The zero-order valence-corrected chi connectivity index (χ0v) is 13.6. The van der Waals surface area contributed by atoms with Gasteiger partial charge in [-0.3, -0.25) is 0 Å². The molecule has 6 nitrogen and oxygen atoms in total. The Bertz CT molecular complexity index is 593. The minimum Gasteiger partial charge on any atom is -0.496 e. The van der Waals surface area contributed by atoms with Crippen molar-refractivity contribution in [2.45, 2.75) is 13.0 Å². The van der Waals surface area contributed by atoms with Gasteiger partial charge in [-0.25, -0.2) is 8.42 Å². The monoisotopic (exact) mass is 313 g/mol. The third-order valence-corrected chi connectivity index (χ3v) is 5.07. The summed E-state index contributed by atoms with van der Waals surface area (Å²) in [6, 6.07) is 5.69. The SMILES string of the molecule is COc1cccc(N2CCN(S(C)(=O)=O)CC2)c1[C@@H](C)N. The van der Waals surface area contributed by atoms with Crippen LogP contribution in [-0.2, 0) is 10.0 Å². The molecule has 0 aliphatic carbocycles. The van der Waals surface area contributed by atoms with E-state index in [-0.39, 0.29) is 6.04 Å². The lowest BCUT2D eigenvalue weighted by Gasteiger charge is -2.36. The van der Waals surface area contributed by atoms with Gasteiger partial charge in [-0.15, -0.1) is 0 Å². The number of hydrogen-bond donors (Lipinski definition) is 1. The number of nitrogens with two attached hydrogens (primary N) is 1.